The van der Waals surface area contributed by atoms with E-state index in [9.17, 15) is 4.79 Å². The maximum absolute atomic E-state index is 11.9. The molecule has 1 atom stereocenters. The summed E-state index contributed by atoms with van der Waals surface area (Å²) in [4.78, 5) is 11.9. The number of benzene rings is 1. The van der Waals surface area contributed by atoms with Crippen LogP contribution in [0.4, 0.5) is 0 Å². The highest BCUT2D eigenvalue weighted by molar-refractivity contribution is 7.08. The van der Waals surface area contributed by atoms with Gasteiger partial charge in [0.15, 0.2) is 0 Å². The van der Waals surface area contributed by atoms with Gasteiger partial charge >= 0.3 is 5.97 Å². The van der Waals surface area contributed by atoms with E-state index in [4.69, 9.17) is 9.47 Å². The van der Waals surface area contributed by atoms with Gasteiger partial charge in [0.2, 0.25) is 0 Å². The molecule has 0 aliphatic carbocycles. The molecule has 1 heterocycles. The van der Waals surface area contributed by atoms with Crippen molar-refractivity contribution in [2.24, 2.45) is 0 Å². The van der Waals surface area contributed by atoms with E-state index >= 15 is 0 Å². The van der Waals surface area contributed by atoms with Gasteiger partial charge in [-0.1, -0.05) is 12.1 Å². The van der Waals surface area contributed by atoms with Crippen LogP contribution in [0.5, 0.6) is 5.75 Å². The molecule has 1 aromatic heterocycles. The molecule has 2 aromatic rings. The first kappa shape index (κ1) is 13.6. The molecule has 0 bridgehead atoms. The number of esters is 1. The van der Waals surface area contributed by atoms with Gasteiger partial charge in [0.25, 0.3) is 0 Å². The molecular weight excluding hydrogens is 260 g/mol. The van der Waals surface area contributed by atoms with Crippen LogP contribution in [0.2, 0.25) is 0 Å². The van der Waals surface area contributed by atoms with Crippen molar-refractivity contribution >= 4 is 17.3 Å². The maximum Gasteiger partial charge on any atom is 0.313 e. The normalized spacial score (nSPS) is 11.9. The van der Waals surface area contributed by atoms with Gasteiger partial charge in [-0.05, 0) is 47.0 Å². The van der Waals surface area contributed by atoms with E-state index in [-0.39, 0.29) is 18.5 Å². The smallest absolute Gasteiger partial charge is 0.313 e. The lowest BCUT2D eigenvalue weighted by Gasteiger charge is -2.10. The average Bonchev–Trinajstić information content (AvgIpc) is 2.98. The second-order valence-corrected chi connectivity index (χ2v) is 5.01. The van der Waals surface area contributed by atoms with Crippen molar-refractivity contribution in [2.45, 2.75) is 19.4 Å². The monoisotopic (exact) mass is 276 g/mol. The number of carbonyl (C=O) groups is 1. The summed E-state index contributed by atoms with van der Waals surface area (Å²) in [5, 5.41) is 3.93. The van der Waals surface area contributed by atoms with Crippen molar-refractivity contribution in [2.75, 3.05) is 7.11 Å². The number of hydrogen-bond acceptors (Lipinski definition) is 4. The topological polar surface area (TPSA) is 35.5 Å². The molecule has 0 saturated carbocycles. The Kier molecular flexibility index (Phi) is 4.58. The molecule has 0 aliphatic rings. The van der Waals surface area contributed by atoms with Gasteiger partial charge in [0.1, 0.15) is 12.4 Å². The van der Waals surface area contributed by atoms with Crippen molar-refractivity contribution in [3.8, 4) is 5.75 Å². The summed E-state index contributed by atoms with van der Waals surface area (Å²) in [7, 11) is 1.62. The fourth-order valence-corrected chi connectivity index (χ4v) is 2.41. The lowest BCUT2D eigenvalue weighted by Crippen LogP contribution is -2.12. The average molecular weight is 276 g/mol. The Balaban J connectivity index is 1.89. The van der Waals surface area contributed by atoms with Crippen molar-refractivity contribution in [1.82, 2.24) is 0 Å². The minimum absolute atomic E-state index is 0.200. The molecule has 100 valence electrons. The zero-order chi connectivity index (χ0) is 13.7. The van der Waals surface area contributed by atoms with E-state index in [1.54, 1.807) is 18.4 Å². The molecule has 0 N–H and O–H groups in total. The van der Waals surface area contributed by atoms with Crippen molar-refractivity contribution < 1.29 is 14.3 Å². The number of thiophene rings is 1. The SMILES string of the molecule is COc1ccc(COC(=O)[C@@H](C)c2ccsc2)cc1. The van der Waals surface area contributed by atoms with Crippen LogP contribution < -0.4 is 4.74 Å². The molecule has 0 radical (unpaired) electrons. The van der Waals surface area contributed by atoms with Gasteiger partial charge in [-0.2, -0.15) is 11.3 Å². The zero-order valence-corrected chi connectivity index (χ0v) is 11.8. The minimum atomic E-state index is -0.218. The Morgan fingerprint density at radius 1 is 1.26 bits per heavy atom. The number of ether oxygens (including phenoxy) is 2. The van der Waals surface area contributed by atoms with Gasteiger partial charge in [-0.25, -0.2) is 0 Å². The Morgan fingerprint density at radius 2 is 2.00 bits per heavy atom. The highest BCUT2D eigenvalue weighted by Gasteiger charge is 2.16. The van der Waals surface area contributed by atoms with Gasteiger partial charge in [0.05, 0.1) is 13.0 Å². The summed E-state index contributed by atoms with van der Waals surface area (Å²) >= 11 is 1.58. The standard InChI is InChI=1S/C15H16O3S/c1-11(13-7-8-19-10-13)15(16)18-9-12-3-5-14(17-2)6-4-12/h3-8,10-11H,9H2,1-2H3/t11-/m0/s1. The van der Waals surface area contributed by atoms with Crippen LogP contribution in [0.3, 0.4) is 0 Å². The molecule has 0 amide bonds. The quantitative estimate of drug-likeness (QED) is 0.783. The van der Waals surface area contributed by atoms with Gasteiger partial charge < -0.3 is 9.47 Å². The Morgan fingerprint density at radius 3 is 2.58 bits per heavy atom. The largest absolute Gasteiger partial charge is 0.497 e. The number of hydrogen-bond donors (Lipinski definition) is 0. The van der Waals surface area contributed by atoms with E-state index < -0.39 is 0 Å². The summed E-state index contributed by atoms with van der Waals surface area (Å²) < 4.78 is 10.4. The van der Waals surface area contributed by atoms with E-state index in [0.717, 1.165) is 16.9 Å². The minimum Gasteiger partial charge on any atom is -0.497 e. The second-order valence-electron chi connectivity index (χ2n) is 4.23. The van der Waals surface area contributed by atoms with Crippen LogP contribution in [0.1, 0.15) is 24.0 Å². The molecule has 19 heavy (non-hydrogen) atoms. The highest BCUT2D eigenvalue weighted by atomic mass is 32.1. The third-order valence-corrected chi connectivity index (χ3v) is 3.64. The van der Waals surface area contributed by atoms with Crippen LogP contribution >= 0.6 is 11.3 Å². The summed E-state index contributed by atoms with van der Waals surface area (Å²) in [5.41, 5.74) is 1.95. The molecule has 0 aliphatic heterocycles. The number of methoxy groups -OCH3 is 1. The van der Waals surface area contributed by atoms with Crippen LogP contribution in [-0.4, -0.2) is 13.1 Å². The van der Waals surface area contributed by atoms with E-state index in [1.165, 1.54) is 0 Å². The number of rotatable bonds is 5. The first-order valence-corrected chi connectivity index (χ1v) is 6.96. The first-order valence-electron chi connectivity index (χ1n) is 6.02. The first-order chi connectivity index (χ1) is 9.20. The van der Waals surface area contributed by atoms with E-state index in [0.29, 0.717) is 0 Å². The molecule has 0 unspecified atom stereocenters. The van der Waals surface area contributed by atoms with Crippen molar-refractivity contribution in [1.29, 1.82) is 0 Å². The molecule has 2 rings (SSSR count). The molecule has 1 aromatic carbocycles. The van der Waals surface area contributed by atoms with Crippen LogP contribution in [0.15, 0.2) is 41.1 Å². The van der Waals surface area contributed by atoms with Gasteiger partial charge in [-0.15, -0.1) is 0 Å². The summed E-state index contributed by atoms with van der Waals surface area (Å²) in [6.45, 7) is 2.15. The Bertz CT molecular complexity index is 517. The fourth-order valence-electron chi connectivity index (χ4n) is 1.66. The predicted molar refractivity (Wildman–Crippen MR) is 75.5 cm³/mol. The molecule has 3 nitrogen and oxygen atoms in total. The van der Waals surface area contributed by atoms with E-state index in [1.807, 2.05) is 48.0 Å². The third-order valence-electron chi connectivity index (χ3n) is 2.94. The molecule has 4 heteroatoms. The van der Waals surface area contributed by atoms with Crippen LogP contribution in [0, 0.1) is 0 Å². The van der Waals surface area contributed by atoms with Crippen molar-refractivity contribution in [3.05, 3.63) is 52.2 Å². The zero-order valence-electron chi connectivity index (χ0n) is 11.0. The predicted octanol–water partition coefficient (Wildman–Crippen LogP) is 3.60. The van der Waals surface area contributed by atoms with Gasteiger partial charge in [-0.3, -0.25) is 4.79 Å². The lowest BCUT2D eigenvalue weighted by molar-refractivity contribution is -0.146. The maximum atomic E-state index is 11.9. The molecular formula is C15H16O3S. The Hall–Kier alpha value is -1.81. The number of carbonyl (C=O) groups excluding carboxylic acids is 1. The fraction of sp³-hybridized carbons (Fsp3) is 0.267. The summed E-state index contributed by atoms with van der Waals surface area (Å²) in [6, 6.07) is 9.43. The molecule has 0 fully saturated rings. The second kappa shape index (κ2) is 6.38. The summed E-state index contributed by atoms with van der Waals surface area (Å²) in [5.74, 6) is 0.375. The molecule has 0 saturated heterocycles. The highest BCUT2D eigenvalue weighted by Crippen LogP contribution is 2.20. The van der Waals surface area contributed by atoms with Crippen LogP contribution in [-0.2, 0) is 16.1 Å². The summed E-state index contributed by atoms with van der Waals surface area (Å²) in [6.07, 6.45) is 0. The van der Waals surface area contributed by atoms with Crippen LogP contribution in [0.25, 0.3) is 0 Å². The third kappa shape index (κ3) is 3.58. The van der Waals surface area contributed by atoms with Gasteiger partial charge in [0, 0.05) is 0 Å². The van der Waals surface area contributed by atoms with Crippen molar-refractivity contribution in [3.63, 3.8) is 0 Å². The lowest BCUT2D eigenvalue weighted by atomic mass is 10.1. The Labute approximate surface area is 116 Å². The van der Waals surface area contributed by atoms with E-state index in [2.05, 4.69) is 0 Å². The molecule has 0 spiro atoms.